The van der Waals surface area contributed by atoms with E-state index < -0.39 is 0 Å². The van der Waals surface area contributed by atoms with Crippen LogP contribution in [-0.2, 0) is 0 Å². The van der Waals surface area contributed by atoms with Crippen molar-refractivity contribution in [1.29, 1.82) is 0 Å². The van der Waals surface area contributed by atoms with E-state index in [1.165, 1.54) is 5.57 Å². The topological polar surface area (TPSA) is 3.24 Å². The molecule has 1 nitrogen and oxygen atoms in total. The molecular formula is C17H30FN. The molecule has 0 N–H and O–H groups in total. The summed E-state index contributed by atoms with van der Waals surface area (Å²) >= 11 is 0. The minimum atomic E-state index is 0.0275. The lowest BCUT2D eigenvalue weighted by Crippen LogP contribution is -2.36. The second-order valence-electron chi connectivity index (χ2n) is 5.96. The van der Waals surface area contributed by atoms with Crippen LogP contribution >= 0.6 is 0 Å². The Balaban J connectivity index is 2.85. The Morgan fingerprint density at radius 3 is 2.11 bits per heavy atom. The molecule has 0 aromatic heterocycles. The lowest BCUT2D eigenvalue weighted by molar-refractivity contribution is 0.227. The lowest BCUT2D eigenvalue weighted by Gasteiger charge is -2.32. The van der Waals surface area contributed by atoms with E-state index in [4.69, 9.17) is 0 Å². The molecule has 0 fully saturated rings. The van der Waals surface area contributed by atoms with Crippen molar-refractivity contribution in [3.8, 4) is 0 Å². The zero-order valence-corrected chi connectivity index (χ0v) is 13.3. The Labute approximate surface area is 118 Å². The van der Waals surface area contributed by atoms with Gasteiger partial charge in [-0.3, -0.25) is 4.90 Å². The van der Waals surface area contributed by atoms with Gasteiger partial charge in [0.2, 0.25) is 0 Å². The summed E-state index contributed by atoms with van der Waals surface area (Å²) in [6, 6.07) is 0.241. The Bertz CT molecular complexity index is 335. The summed E-state index contributed by atoms with van der Waals surface area (Å²) in [5.41, 5.74) is 2.26. The number of hydrogen-bond acceptors (Lipinski definition) is 1. The van der Waals surface area contributed by atoms with Crippen LogP contribution < -0.4 is 0 Å². The summed E-state index contributed by atoms with van der Waals surface area (Å²) in [5.74, 6) is 0.490. The Kier molecular flexibility index (Phi) is 6.78. The van der Waals surface area contributed by atoms with Crippen LogP contribution in [0.2, 0.25) is 0 Å². The van der Waals surface area contributed by atoms with Gasteiger partial charge in [-0.25, -0.2) is 4.39 Å². The van der Waals surface area contributed by atoms with Gasteiger partial charge in [0.25, 0.3) is 0 Å². The molecule has 0 aliphatic heterocycles. The molecule has 1 rings (SSSR count). The summed E-state index contributed by atoms with van der Waals surface area (Å²) in [4.78, 5) is 2.42. The molecule has 0 radical (unpaired) electrons. The van der Waals surface area contributed by atoms with Crippen molar-refractivity contribution in [2.75, 3.05) is 13.1 Å². The average molecular weight is 267 g/mol. The van der Waals surface area contributed by atoms with Crippen LogP contribution in [0.3, 0.4) is 0 Å². The highest BCUT2D eigenvalue weighted by atomic mass is 19.1. The molecule has 1 aliphatic rings. The maximum atomic E-state index is 14.3. The molecule has 0 bridgehead atoms. The summed E-state index contributed by atoms with van der Waals surface area (Å²) < 4.78 is 14.3. The minimum Gasteiger partial charge on any atom is -0.297 e. The first kappa shape index (κ1) is 16.4. The normalized spacial score (nSPS) is 18.2. The van der Waals surface area contributed by atoms with Crippen LogP contribution in [0.15, 0.2) is 23.0 Å². The summed E-state index contributed by atoms with van der Waals surface area (Å²) in [7, 11) is 0. The summed E-state index contributed by atoms with van der Waals surface area (Å²) in [6.07, 6.45) is 5.96. The lowest BCUT2D eigenvalue weighted by atomic mass is 9.87. The summed E-state index contributed by atoms with van der Waals surface area (Å²) in [6.45, 7) is 13.0. The molecule has 0 heterocycles. The van der Waals surface area contributed by atoms with Crippen LogP contribution in [0.4, 0.5) is 4.39 Å². The molecule has 19 heavy (non-hydrogen) atoms. The third kappa shape index (κ3) is 4.45. The zero-order chi connectivity index (χ0) is 14.4. The Morgan fingerprint density at radius 2 is 1.68 bits per heavy atom. The Hall–Kier alpha value is -0.630. The highest BCUT2D eigenvalue weighted by molar-refractivity contribution is 5.32. The van der Waals surface area contributed by atoms with Gasteiger partial charge in [0, 0.05) is 6.04 Å². The van der Waals surface area contributed by atoms with Crippen molar-refractivity contribution in [1.82, 2.24) is 4.90 Å². The highest BCUT2D eigenvalue weighted by Gasteiger charge is 2.23. The number of hydrogen-bond donors (Lipinski definition) is 0. The first-order valence-corrected chi connectivity index (χ1v) is 7.84. The van der Waals surface area contributed by atoms with Crippen LogP contribution in [0.25, 0.3) is 0 Å². The van der Waals surface area contributed by atoms with Gasteiger partial charge in [-0.2, -0.15) is 0 Å². The van der Waals surface area contributed by atoms with Crippen LogP contribution in [-0.4, -0.2) is 24.0 Å². The van der Waals surface area contributed by atoms with Crippen molar-refractivity contribution in [3.05, 3.63) is 23.0 Å². The van der Waals surface area contributed by atoms with Gasteiger partial charge in [-0.05, 0) is 63.3 Å². The fourth-order valence-corrected chi connectivity index (χ4v) is 2.88. The zero-order valence-electron chi connectivity index (χ0n) is 13.3. The summed E-state index contributed by atoms with van der Waals surface area (Å²) in [5, 5.41) is 0. The maximum absolute atomic E-state index is 14.3. The van der Waals surface area contributed by atoms with Gasteiger partial charge in [-0.1, -0.05) is 33.3 Å². The second kappa shape index (κ2) is 7.84. The molecule has 0 saturated carbocycles. The molecule has 0 aromatic carbocycles. The molecular weight excluding hydrogens is 237 g/mol. The SMILES string of the molecule is CCCN(CCC)C(C)C1=C(F)C=C(C(C)C)CC1. The minimum absolute atomic E-state index is 0.0275. The first-order valence-electron chi connectivity index (χ1n) is 7.84. The molecule has 0 amide bonds. The predicted molar refractivity (Wildman–Crippen MR) is 81.9 cm³/mol. The van der Waals surface area contributed by atoms with Gasteiger partial charge in [0.1, 0.15) is 5.83 Å². The Morgan fingerprint density at radius 1 is 1.11 bits per heavy atom. The second-order valence-corrected chi connectivity index (χ2v) is 5.96. The van der Waals surface area contributed by atoms with Crippen molar-refractivity contribution in [2.24, 2.45) is 5.92 Å². The molecule has 0 saturated heterocycles. The number of nitrogens with zero attached hydrogens (tertiary/aromatic N) is 1. The van der Waals surface area contributed by atoms with E-state index in [1.807, 2.05) is 0 Å². The van der Waals surface area contributed by atoms with Crippen LogP contribution in [0.1, 0.15) is 60.3 Å². The van der Waals surface area contributed by atoms with E-state index in [9.17, 15) is 4.39 Å². The fourth-order valence-electron chi connectivity index (χ4n) is 2.88. The van der Waals surface area contributed by atoms with Gasteiger partial charge < -0.3 is 0 Å². The van der Waals surface area contributed by atoms with E-state index in [1.54, 1.807) is 6.08 Å². The molecule has 1 aliphatic carbocycles. The van der Waals surface area contributed by atoms with Crippen molar-refractivity contribution >= 4 is 0 Å². The van der Waals surface area contributed by atoms with Gasteiger partial charge in [0.05, 0.1) is 0 Å². The van der Waals surface area contributed by atoms with E-state index in [2.05, 4.69) is 39.5 Å². The average Bonchev–Trinajstić information content (AvgIpc) is 2.37. The molecule has 1 atom stereocenters. The standard InChI is InChI=1S/C17H30FN/c1-6-10-19(11-7-2)14(5)16-9-8-15(13(3)4)12-17(16)18/h12-14H,6-11H2,1-5H3. The van der Waals surface area contributed by atoms with Gasteiger partial charge >= 0.3 is 0 Å². The smallest absolute Gasteiger partial charge is 0.123 e. The molecule has 1 unspecified atom stereocenters. The molecule has 0 spiro atoms. The van der Waals surface area contributed by atoms with E-state index >= 15 is 0 Å². The monoisotopic (exact) mass is 267 g/mol. The number of rotatable bonds is 7. The quantitative estimate of drug-likeness (QED) is 0.620. The third-order valence-electron chi connectivity index (χ3n) is 4.12. The number of halogens is 1. The largest absolute Gasteiger partial charge is 0.297 e. The van der Waals surface area contributed by atoms with E-state index in [0.717, 1.165) is 44.3 Å². The fraction of sp³-hybridized carbons (Fsp3) is 0.765. The van der Waals surface area contributed by atoms with Crippen molar-refractivity contribution in [3.63, 3.8) is 0 Å². The van der Waals surface area contributed by atoms with Crippen LogP contribution in [0.5, 0.6) is 0 Å². The van der Waals surface area contributed by atoms with Gasteiger partial charge in [-0.15, -0.1) is 0 Å². The predicted octanol–water partition coefficient (Wildman–Crippen LogP) is 5.10. The first-order chi connectivity index (χ1) is 9.01. The number of allylic oxidation sites excluding steroid dienone is 3. The molecule has 2 heteroatoms. The van der Waals surface area contributed by atoms with Crippen LogP contribution in [0, 0.1) is 5.92 Å². The highest BCUT2D eigenvalue weighted by Crippen LogP contribution is 2.32. The van der Waals surface area contributed by atoms with E-state index in [-0.39, 0.29) is 11.9 Å². The maximum Gasteiger partial charge on any atom is 0.123 e. The third-order valence-corrected chi connectivity index (χ3v) is 4.12. The van der Waals surface area contributed by atoms with Gasteiger partial charge in [0.15, 0.2) is 0 Å². The molecule has 0 aromatic rings. The van der Waals surface area contributed by atoms with E-state index in [0.29, 0.717) is 5.92 Å². The molecule has 110 valence electrons. The van der Waals surface area contributed by atoms with Crippen molar-refractivity contribution in [2.45, 2.75) is 66.3 Å². The van der Waals surface area contributed by atoms with Crippen molar-refractivity contribution < 1.29 is 4.39 Å².